The third-order valence-corrected chi connectivity index (χ3v) is 4.64. The first-order valence-corrected chi connectivity index (χ1v) is 9.07. The zero-order valence-corrected chi connectivity index (χ0v) is 16.7. The number of hydrogen-bond donors (Lipinski definition) is 0. The summed E-state index contributed by atoms with van der Waals surface area (Å²) in [6.07, 6.45) is -1.14. The number of nitrogens with zero attached hydrogens (tertiary/aromatic N) is 1. The summed E-state index contributed by atoms with van der Waals surface area (Å²) >= 11 is 0. The Hall–Kier alpha value is -3.42. The predicted octanol–water partition coefficient (Wildman–Crippen LogP) is 2.67. The van der Waals surface area contributed by atoms with Crippen LogP contribution in [-0.2, 0) is 14.4 Å². The van der Waals surface area contributed by atoms with Crippen LogP contribution in [0, 0.1) is 5.21 Å². The molecule has 2 aromatic rings. The van der Waals surface area contributed by atoms with Crippen LogP contribution in [0.5, 0.6) is 17.2 Å². The third-order valence-electron chi connectivity index (χ3n) is 4.64. The molecule has 0 saturated heterocycles. The van der Waals surface area contributed by atoms with Crippen molar-refractivity contribution in [1.82, 2.24) is 0 Å². The average Bonchev–Trinajstić information content (AvgIpc) is 3.10. The summed E-state index contributed by atoms with van der Waals surface area (Å²) in [6.45, 7) is 1.86. The normalized spacial score (nSPS) is 18.2. The quantitative estimate of drug-likeness (QED) is 0.520. The summed E-state index contributed by atoms with van der Waals surface area (Å²) in [5, 5.41) is 12.7. The predicted molar refractivity (Wildman–Crippen MR) is 105 cm³/mol. The molecule has 0 amide bonds. The molecule has 8 nitrogen and oxygen atoms in total. The van der Waals surface area contributed by atoms with Gasteiger partial charge < -0.3 is 23.8 Å². The van der Waals surface area contributed by atoms with Gasteiger partial charge >= 0.3 is 5.97 Å². The molecular formula is C21H23NO7. The zero-order chi connectivity index (χ0) is 21.0. The summed E-state index contributed by atoms with van der Waals surface area (Å²) in [5.74, 6) is 0.362. The SMILES string of the molecule is CCOC(=O)C1O[N+]([O-])=C(c2ccc(OC)cc2)C1c1cc(OC)cc(OC)c1. The molecule has 0 bridgehead atoms. The van der Waals surface area contributed by atoms with Crippen LogP contribution >= 0.6 is 0 Å². The molecule has 1 aliphatic rings. The molecule has 0 aliphatic carbocycles. The number of ether oxygens (including phenoxy) is 4. The molecule has 0 spiro atoms. The van der Waals surface area contributed by atoms with Crippen molar-refractivity contribution in [1.29, 1.82) is 0 Å². The van der Waals surface area contributed by atoms with E-state index in [1.165, 1.54) is 14.2 Å². The van der Waals surface area contributed by atoms with Crippen LogP contribution in [0.3, 0.4) is 0 Å². The summed E-state index contributed by atoms with van der Waals surface area (Å²) in [7, 11) is 4.61. The molecule has 1 aliphatic heterocycles. The molecule has 0 N–H and O–H groups in total. The van der Waals surface area contributed by atoms with E-state index in [1.54, 1.807) is 56.5 Å². The summed E-state index contributed by atoms with van der Waals surface area (Å²) < 4.78 is 21.0. The lowest BCUT2D eigenvalue weighted by molar-refractivity contribution is -0.737. The van der Waals surface area contributed by atoms with Gasteiger partial charge in [0.05, 0.1) is 27.9 Å². The number of rotatable bonds is 7. The molecule has 29 heavy (non-hydrogen) atoms. The maximum absolute atomic E-state index is 12.7. The Kier molecular flexibility index (Phi) is 6.11. The number of benzene rings is 2. The van der Waals surface area contributed by atoms with Crippen molar-refractivity contribution in [2.24, 2.45) is 0 Å². The summed E-state index contributed by atoms with van der Waals surface area (Å²) in [6, 6.07) is 12.1. The maximum Gasteiger partial charge on any atom is 0.326 e. The van der Waals surface area contributed by atoms with E-state index in [1.807, 2.05) is 0 Å². The molecule has 2 aromatic carbocycles. The van der Waals surface area contributed by atoms with E-state index in [4.69, 9.17) is 23.8 Å². The fourth-order valence-electron chi connectivity index (χ4n) is 3.27. The second-order valence-corrected chi connectivity index (χ2v) is 6.27. The molecule has 0 saturated carbocycles. The van der Waals surface area contributed by atoms with E-state index in [0.29, 0.717) is 33.3 Å². The Bertz CT molecular complexity index is 885. The lowest BCUT2D eigenvalue weighted by Crippen LogP contribution is -2.31. The van der Waals surface area contributed by atoms with Gasteiger partial charge in [0.15, 0.2) is 6.10 Å². The Labute approximate surface area is 168 Å². The van der Waals surface area contributed by atoms with Crippen molar-refractivity contribution in [3.05, 3.63) is 58.8 Å². The van der Waals surface area contributed by atoms with Gasteiger partial charge in [-0.15, -0.1) is 0 Å². The molecule has 0 aromatic heterocycles. The lowest BCUT2D eigenvalue weighted by atomic mass is 9.85. The Morgan fingerprint density at radius 1 is 1.00 bits per heavy atom. The van der Waals surface area contributed by atoms with Crippen LogP contribution in [-0.4, -0.2) is 50.6 Å². The van der Waals surface area contributed by atoms with Gasteiger partial charge in [-0.3, -0.25) is 10.0 Å². The van der Waals surface area contributed by atoms with Gasteiger partial charge in [-0.1, -0.05) is 0 Å². The minimum atomic E-state index is -1.14. The Morgan fingerprint density at radius 3 is 2.10 bits per heavy atom. The van der Waals surface area contributed by atoms with Gasteiger partial charge in [0.1, 0.15) is 23.2 Å². The minimum Gasteiger partial charge on any atom is -0.497 e. The largest absolute Gasteiger partial charge is 0.497 e. The van der Waals surface area contributed by atoms with Crippen molar-refractivity contribution >= 4 is 11.7 Å². The molecule has 154 valence electrons. The monoisotopic (exact) mass is 401 g/mol. The topological polar surface area (TPSA) is 89.3 Å². The van der Waals surface area contributed by atoms with Gasteiger partial charge in [-0.05, 0) is 48.9 Å². The van der Waals surface area contributed by atoms with Crippen molar-refractivity contribution in [3.63, 3.8) is 0 Å². The third kappa shape index (κ3) is 4.06. The van der Waals surface area contributed by atoms with Gasteiger partial charge in [-0.2, -0.15) is 0 Å². The van der Waals surface area contributed by atoms with Gasteiger partial charge in [0, 0.05) is 16.5 Å². The van der Waals surface area contributed by atoms with E-state index in [9.17, 15) is 10.0 Å². The van der Waals surface area contributed by atoms with Crippen molar-refractivity contribution < 1.29 is 33.5 Å². The highest BCUT2D eigenvalue weighted by atomic mass is 16.9. The van der Waals surface area contributed by atoms with Crippen LogP contribution in [0.2, 0.25) is 0 Å². The van der Waals surface area contributed by atoms with Crippen molar-refractivity contribution in [2.75, 3.05) is 27.9 Å². The highest BCUT2D eigenvalue weighted by Gasteiger charge is 2.46. The molecule has 2 unspecified atom stereocenters. The second kappa shape index (κ2) is 8.72. The smallest absolute Gasteiger partial charge is 0.326 e. The molecular weight excluding hydrogens is 378 g/mol. The molecule has 2 atom stereocenters. The van der Waals surface area contributed by atoms with E-state index in [-0.39, 0.29) is 12.3 Å². The Balaban J connectivity index is 2.12. The van der Waals surface area contributed by atoms with E-state index < -0.39 is 18.0 Å². The molecule has 0 radical (unpaired) electrons. The zero-order valence-electron chi connectivity index (χ0n) is 16.7. The standard InChI is InChI=1S/C21H23NO7/c1-5-28-21(23)20-18(14-10-16(26-3)12-17(11-14)27-4)19(22(24)29-20)13-6-8-15(25-2)9-7-13/h6-12,18,20H,5H2,1-4H3. The second-order valence-electron chi connectivity index (χ2n) is 6.27. The first kappa shape index (κ1) is 20.3. The summed E-state index contributed by atoms with van der Waals surface area (Å²) in [5.41, 5.74) is 1.50. The van der Waals surface area contributed by atoms with Crippen molar-refractivity contribution in [2.45, 2.75) is 18.9 Å². The summed E-state index contributed by atoms with van der Waals surface area (Å²) in [4.78, 5) is 18.3. The number of carbonyl (C=O) groups is 1. The lowest BCUT2D eigenvalue weighted by Gasteiger charge is -2.19. The van der Waals surface area contributed by atoms with Gasteiger partial charge in [0.25, 0.3) is 5.71 Å². The average molecular weight is 401 g/mol. The van der Waals surface area contributed by atoms with Crippen LogP contribution < -0.4 is 14.2 Å². The maximum atomic E-state index is 12.7. The van der Waals surface area contributed by atoms with Crippen LogP contribution in [0.25, 0.3) is 0 Å². The fourth-order valence-corrected chi connectivity index (χ4v) is 3.27. The first-order valence-electron chi connectivity index (χ1n) is 9.07. The molecule has 1 heterocycles. The molecule has 8 heteroatoms. The van der Waals surface area contributed by atoms with Crippen molar-refractivity contribution in [3.8, 4) is 17.2 Å². The first-order chi connectivity index (χ1) is 14.0. The van der Waals surface area contributed by atoms with Gasteiger partial charge in [0.2, 0.25) is 0 Å². The molecule has 0 fully saturated rings. The number of methoxy groups -OCH3 is 3. The van der Waals surface area contributed by atoms with Crippen LogP contribution in [0.15, 0.2) is 42.5 Å². The van der Waals surface area contributed by atoms with E-state index in [2.05, 4.69) is 0 Å². The number of carbonyl (C=O) groups excluding carboxylic acids is 1. The van der Waals surface area contributed by atoms with Gasteiger partial charge in [-0.25, -0.2) is 0 Å². The molecule has 3 rings (SSSR count). The highest BCUT2D eigenvalue weighted by molar-refractivity contribution is 6.05. The van der Waals surface area contributed by atoms with E-state index in [0.717, 1.165) is 0 Å². The highest BCUT2D eigenvalue weighted by Crippen LogP contribution is 2.36. The number of esters is 1. The number of hydrogen-bond acceptors (Lipinski definition) is 7. The van der Waals surface area contributed by atoms with E-state index >= 15 is 0 Å². The minimum absolute atomic E-state index is 0.170. The van der Waals surface area contributed by atoms with Crippen LogP contribution in [0.4, 0.5) is 0 Å². The Morgan fingerprint density at radius 2 is 1.59 bits per heavy atom. The van der Waals surface area contributed by atoms with Crippen LogP contribution in [0.1, 0.15) is 24.0 Å². The fraction of sp³-hybridized carbons (Fsp3) is 0.333.